The first-order valence-corrected chi connectivity index (χ1v) is 27.5. The average molecular weight is 1040 g/mol. The molecular weight excluding hydrogens is 957 g/mol. The Balaban J connectivity index is 1.10. The Hall–Kier alpha value is -5.43. The van der Waals surface area contributed by atoms with Crippen molar-refractivity contribution in [1.29, 1.82) is 0 Å². The van der Waals surface area contributed by atoms with E-state index in [4.69, 9.17) is 20.9 Å². The number of fused-ring (bicyclic) bond motifs is 1. The third-order valence-corrected chi connectivity index (χ3v) is 14.7. The molecule has 3 aromatic carbocycles. The van der Waals surface area contributed by atoms with Gasteiger partial charge in [-0.15, -0.1) is 0 Å². The number of aliphatic hydroxyl groups is 3. The third-order valence-electron chi connectivity index (χ3n) is 14.7. The normalized spacial score (nSPS) is 20.6. The van der Waals surface area contributed by atoms with E-state index in [0.29, 0.717) is 19.3 Å². The van der Waals surface area contributed by atoms with Crippen LogP contribution in [0.15, 0.2) is 66.7 Å². The molecule has 11 N–H and O–H groups in total. The van der Waals surface area contributed by atoms with Crippen molar-refractivity contribution in [3.8, 4) is 5.75 Å². The summed E-state index contributed by atoms with van der Waals surface area (Å²) in [5.41, 5.74) is 17.2. The van der Waals surface area contributed by atoms with Crippen LogP contribution in [-0.2, 0) is 59.3 Å². The Morgan fingerprint density at radius 2 is 1.29 bits per heavy atom. The maximum absolute atomic E-state index is 14.5. The van der Waals surface area contributed by atoms with E-state index in [1.165, 1.54) is 69.1 Å². The van der Waals surface area contributed by atoms with Crippen LogP contribution in [0.3, 0.4) is 0 Å². The van der Waals surface area contributed by atoms with Gasteiger partial charge < -0.3 is 62.2 Å². The summed E-state index contributed by atoms with van der Waals surface area (Å²) in [6, 6.07) is 15.4. The lowest BCUT2D eigenvalue weighted by atomic mass is 9.91. The molecular formula is C58H86N6O11. The fourth-order valence-electron chi connectivity index (χ4n) is 10.2. The first-order valence-electron chi connectivity index (χ1n) is 27.5. The van der Waals surface area contributed by atoms with Crippen LogP contribution in [0.25, 0.3) is 0 Å². The summed E-state index contributed by atoms with van der Waals surface area (Å²) >= 11 is 0. The number of unbranched alkanes of at least 4 members (excludes halogenated alkanes) is 14. The van der Waals surface area contributed by atoms with E-state index in [-0.39, 0.29) is 51.1 Å². The minimum atomic E-state index is -1.71. The molecule has 5 rings (SSSR count). The zero-order chi connectivity index (χ0) is 54.3. The number of carbonyl (C=O) groups excluding carboxylic acids is 5. The monoisotopic (exact) mass is 1040 g/mol. The number of rotatable bonds is 32. The van der Waals surface area contributed by atoms with Crippen LogP contribution in [0.5, 0.6) is 5.75 Å². The van der Waals surface area contributed by atoms with Gasteiger partial charge in [0, 0.05) is 32.5 Å². The molecule has 0 radical (unpaired) electrons. The maximum Gasteiger partial charge on any atom is 0.252 e. The molecule has 0 bridgehead atoms. The van der Waals surface area contributed by atoms with Gasteiger partial charge in [-0.05, 0) is 91.5 Å². The standard InChI is InChI=1S/C58H86N6O11/c1-4-5-6-7-8-9-10-11-12-13-14-15-16-24-31-74-58-51(68)49(66)50(67)52(75-58)56(72)61-30-23-22-29-46(53(60)69)62-54(70)47(34-40-25-18-17-19-26-40)63-55(71)48-35-41-27-20-21-28-42(41)37-64(48)57(73)45(59)36-44-38(2)32-43(65)33-39(44)3/h17-21,25-28,32-33,45-52,58,65-68H,4-16,22-24,29-31,34-37,59H2,1-3H3,(H2,60,69)(H,61,72)(H,62,70)(H,63,71)/t45-,46-,47-,48-,49-,50-,51+,52-,58+/m0/s1. The van der Waals surface area contributed by atoms with E-state index in [0.717, 1.165) is 52.6 Å². The second kappa shape index (κ2) is 31.6. The number of benzene rings is 3. The van der Waals surface area contributed by atoms with Crippen molar-refractivity contribution in [3.63, 3.8) is 0 Å². The molecule has 2 aliphatic rings. The van der Waals surface area contributed by atoms with Gasteiger partial charge in [0.15, 0.2) is 12.4 Å². The smallest absolute Gasteiger partial charge is 0.252 e. The van der Waals surface area contributed by atoms with Crippen molar-refractivity contribution >= 4 is 29.5 Å². The molecule has 0 unspecified atom stereocenters. The van der Waals surface area contributed by atoms with Crippen molar-refractivity contribution in [1.82, 2.24) is 20.9 Å². The van der Waals surface area contributed by atoms with E-state index in [1.54, 1.807) is 36.4 Å². The minimum Gasteiger partial charge on any atom is -0.508 e. The molecule has 0 spiro atoms. The number of hydrogen-bond donors (Lipinski definition) is 9. The highest BCUT2D eigenvalue weighted by molar-refractivity contribution is 5.95. The fraction of sp³-hybridized carbons (Fsp3) is 0.603. The van der Waals surface area contributed by atoms with Gasteiger partial charge in [0.1, 0.15) is 42.2 Å². The van der Waals surface area contributed by atoms with Crippen LogP contribution in [0.4, 0.5) is 0 Å². The number of nitrogens with two attached hydrogens (primary N) is 2. The van der Waals surface area contributed by atoms with Gasteiger partial charge in [-0.3, -0.25) is 24.0 Å². The lowest BCUT2D eigenvalue weighted by molar-refractivity contribution is -0.290. The number of aliphatic hydroxyl groups excluding tert-OH is 3. The van der Waals surface area contributed by atoms with E-state index in [2.05, 4.69) is 22.9 Å². The van der Waals surface area contributed by atoms with Crippen LogP contribution in [0, 0.1) is 13.8 Å². The molecule has 5 amide bonds. The summed E-state index contributed by atoms with van der Waals surface area (Å²) in [4.78, 5) is 70.3. The lowest BCUT2D eigenvalue weighted by Crippen LogP contribution is -2.62. The van der Waals surface area contributed by atoms with Gasteiger partial charge in [-0.1, -0.05) is 145 Å². The summed E-state index contributed by atoms with van der Waals surface area (Å²) < 4.78 is 11.4. The van der Waals surface area contributed by atoms with Gasteiger partial charge in [0.05, 0.1) is 6.04 Å². The molecule has 3 aromatic rings. The maximum atomic E-state index is 14.5. The highest BCUT2D eigenvalue weighted by atomic mass is 16.7. The Morgan fingerprint density at radius 1 is 0.707 bits per heavy atom. The van der Waals surface area contributed by atoms with Crippen molar-refractivity contribution in [3.05, 3.63) is 100 Å². The van der Waals surface area contributed by atoms with Crippen molar-refractivity contribution < 1.29 is 53.9 Å². The Morgan fingerprint density at radius 3 is 1.91 bits per heavy atom. The molecule has 17 nitrogen and oxygen atoms in total. The summed E-state index contributed by atoms with van der Waals surface area (Å²) in [6.07, 6.45) is 10.2. The Labute approximate surface area is 443 Å². The molecule has 9 atom stereocenters. The molecule has 1 saturated heterocycles. The second-order valence-corrected chi connectivity index (χ2v) is 20.7. The van der Waals surface area contributed by atoms with E-state index < -0.39 is 84.4 Å². The average Bonchev–Trinajstić information content (AvgIpc) is 3.39. The molecule has 2 heterocycles. The van der Waals surface area contributed by atoms with Gasteiger partial charge in [-0.2, -0.15) is 0 Å². The first kappa shape index (κ1) is 60.4. The third kappa shape index (κ3) is 19.0. The van der Waals surface area contributed by atoms with Crippen molar-refractivity contribution in [2.45, 2.75) is 211 Å². The van der Waals surface area contributed by atoms with Crippen LogP contribution < -0.4 is 27.4 Å². The second-order valence-electron chi connectivity index (χ2n) is 20.7. The van der Waals surface area contributed by atoms with E-state index in [9.17, 15) is 44.4 Å². The number of phenolic OH excluding ortho intramolecular Hbond substituents is 1. The lowest BCUT2D eigenvalue weighted by Gasteiger charge is -2.39. The number of carbonyl (C=O) groups is 5. The number of aryl methyl sites for hydroxylation is 2. The molecule has 0 saturated carbocycles. The molecule has 414 valence electrons. The topological polar surface area (TPSA) is 276 Å². The largest absolute Gasteiger partial charge is 0.508 e. The number of primary amides is 1. The molecule has 75 heavy (non-hydrogen) atoms. The SMILES string of the molecule is CCCCCCCCCCCCCCCCO[C@@H]1O[C@H](C(=O)NCCCC[C@H](NC(=O)[C@H](Cc2ccccc2)NC(=O)[C@@H]2Cc3ccccc3CN2C(=O)[C@@H](N)Cc2c(C)cc(O)cc2C)C(N)=O)[C@@H](O)[C@H](O)[C@H]1O. The zero-order valence-electron chi connectivity index (χ0n) is 44.6. The Kier molecular flexibility index (Phi) is 25.4. The number of nitrogens with one attached hydrogen (secondary N) is 3. The highest BCUT2D eigenvalue weighted by Crippen LogP contribution is 2.28. The number of aromatic hydroxyl groups is 1. The van der Waals surface area contributed by atoms with Crippen LogP contribution in [-0.4, -0.2) is 123 Å². The predicted octanol–water partition coefficient (Wildman–Crippen LogP) is 5.12. The van der Waals surface area contributed by atoms with Crippen LogP contribution in [0.1, 0.15) is 149 Å². The number of ether oxygens (including phenoxy) is 2. The quantitative estimate of drug-likeness (QED) is 0.0369. The number of hydrogen-bond acceptors (Lipinski definition) is 12. The summed E-state index contributed by atoms with van der Waals surface area (Å²) in [7, 11) is 0. The molecule has 0 aromatic heterocycles. The summed E-state index contributed by atoms with van der Waals surface area (Å²) in [5.74, 6) is -3.12. The van der Waals surface area contributed by atoms with Crippen LogP contribution in [0.2, 0.25) is 0 Å². The highest BCUT2D eigenvalue weighted by Gasteiger charge is 2.47. The first-order chi connectivity index (χ1) is 36.1. The molecule has 1 fully saturated rings. The van der Waals surface area contributed by atoms with E-state index in [1.807, 2.05) is 44.2 Å². The van der Waals surface area contributed by atoms with Gasteiger partial charge in [0.2, 0.25) is 23.6 Å². The van der Waals surface area contributed by atoms with Gasteiger partial charge >= 0.3 is 0 Å². The molecule has 2 aliphatic heterocycles. The summed E-state index contributed by atoms with van der Waals surface area (Å²) in [6.45, 7) is 6.35. The Bertz CT molecular complexity index is 2240. The van der Waals surface area contributed by atoms with Crippen molar-refractivity contribution in [2.24, 2.45) is 11.5 Å². The van der Waals surface area contributed by atoms with E-state index >= 15 is 0 Å². The molecule has 0 aliphatic carbocycles. The van der Waals surface area contributed by atoms with Crippen molar-refractivity contribution in [2.75, 3.05) is 13.2 Å². The molecule has 17 heteroatoms. The summed E-state index contributed by atoms with van der Waals surface area (Å²) in [5, 5.41) is 50.2. The van der Waals surface area contributed by atoms with Gasteiger partial charge in [-0.25, -0.2) is 0 Å². The number of phenols is 1. The fourth-order valence-corrected chi connectivity index (χ4v) is 10.2. The predicted molar refractivity (Wildman–Crippen MR) is 287 cm³/mol. The minimum absolute atomic E-state index is 0.0539. The zero-order valence-corrected chi connectivity index (χ0v) is 44.6. The van der Waals surface area contributed by atoms with Crippen LogP contribution >= 0.6 is 0 Å². The number of nitrogens with zero attached hydrogens (tertiary/aromatic N) is 1. The number of amides is 5. The van der Waals surface area contributed by atoms with Gasteiger partial charge in [0.25, 0.3) is 5.91 Å².